The lowest BCUT2D eigenvalue weighted by Crippen LogP contribution is -2.44. The van der Waals surface area contributed by atoms with Crippen LogP contribution in [0.1, 0.15) is 17.5 Å². The van der Waals surface area contributed by atoms with Gasteiger partial charge in [0.15, 0.2) is 5.11 Å². The van der Waals surface area contributed by atoms with Crippen molar-refractivity contribution in [3.8, 4) is 6.07 Å². The Morgan fingerprint density at radius 1 is 1.00 bits per heavy atom. The Balaban J connectivity index is 1.90. The van der Waals surface area contributed by atoms with Crippen LogP contribution in [0.5, 0.6) is 0 Å². The van der Waals surface area contributed by atoms with Crippen LogP contribution in [-0.2, 0) is 17.6 Å². The predicted molar refractivity (Wildman–Crippen MR) is 103 cm³/mol. The number of amides is 1. The van der Waals surface area contributed by atoms with Crippen LogP contribution < -0.4 is 5.32 Å². The number of hydrogen-bond donors (Lipinski definition) is 1. The van der Waals surface area contributed by atoms with Gasteiger partial charge in [-0.05, 0) is 29.8 Å². The summed E-state index contributed by atoms with van der Waals surface area (Å²) in [5, 5.41) is 12.0. The van der Waals surface area contributed by atoms with Gasteiger partial charge in [-0.15, -0.1) is 0 Å². The molecule has 5 heteroatoms. The highest BCUT2D eigenvalue weighted by atomic mass is 32.1. The van der Waals surface area contributed by atoms with E-state index in [4.69, 9.17) is 17.5 Å². The van der Waals surface area contributed by atoms with E-state index in [1.165, 1.54) is 5.56 Å². The molecule has 0 aliphatic heterocycles. The Morgan fingerprint density at radius 3 is 2.20 bits per heavy atom. The van der Waals surface area contributed by atoms with Crippen LogP contribution in [0.2, 0.25) is 0 Å². The van der Waals surface area contributed by atoms with Gasteiger partial charge in [-0.1, -0.05) is 60.7 Å². The lowest BCUT2D eigenvalue weighted by molar-refractivity contribution is -0.119. The monoisotopic (exact) mass is 351 g/mol. The van der Waals surface area contributed by atoms with Gasteiger partial charge in [0.1, 0.15) is 0 Å². The number of carbonyl (C=O) groups is 1. The molecule has 0 radical (unpaired) electrons. The number of nitrogens with zero attached hydrogens (tertiary/aromatic N) is 2. The molecule has 0 bridgehead atoms. The third-order valence-corrected chi connectivity index (χ3v) is 4.11. The van der Waals surface area contributed by atoms with Crippen LogP contribution in [0, 0.1) is 11.3 Å². The van der Waals surface area contributed by atoms with Crippen molar-refractivity contribution < 1.29 is 4.79 Å². The van der Waals surface area contributed by atoms with E-state index in [1.807, 2.05) is 53.4 Å². The van der Waals surface area contributed by atoms with Crippen LogP contribution in [0.3, 0.4) is 0 Å². The van der Waals surface area contributed by atoms with Gasteiger partial charge in [0.25, 0.3) is 0 Å². The number of rotatable bonds is 7. The molecule has 2 rings (SSSR count). The summed E-state index contributed by atoms with van der Waals surface area (Å²) in [5.74, 6) is -0.141. The molecule has 4 nitrogen and oxygen atoms in total. The van der Waals surface area contributed by atoms with Crippen molar-refractivity contribution in [1.82, 2.24) is 10.2 Å². The Morgan fingerprint density at radius 2 is 1.60 bits per heavy atom. The number of thiocarbonyl (C=S) groups is 1. The Kier molecular flexibility index (Phi) is 7.61. The van der Waals surface area contributed by atoms with E-state index < -0.39 is 0 Å². The first-order valence-electron chi connectivity index (χ1n) is 8.22. The molecule has 0 saturated heterocycles. The minimum Gasteiger partial charge on any atom is -0.348 e. The molecule has 0 atom stereocenters. The standard InChI is InChI=1S/C20H21N3OS/c21-13-7-14-23(15-12-17-8-3-1-4-9-17)20(25)22-19(24)16-18-10-5-2-6-11-18/h1-6,8-11H,7,12,14-16H2,(H,22,24,25). The lowest BCUT2D eigenvalue weighted by atomic mass is 10.1. The van der Waals surface area contributed by atoms with Crippen molar-refractivity contribution in [2.24, 2.45) is 0 Å². The molecule has 0 spiro atoms. The lowest BCUT2D eigenvalue weighted by Gasteiger charge is -2.24. The maximum absolute atomic E-state index is 12.2. The van der Waals surface area contributed by atoms with Crippen LogP contribution in [0.15, 0.2) is 60.7 Å². The normalized spacial score (nSPS) is 9.88. The molecule has 0 saturated carbocycles. The van der Waals surface area contributed by atoms with E-state index in [0.29, 0.717) is 24.6 Å². The molecular formula is C20H21N3OS. The smallest absolute Gasteiger partial charge is 0.230 e. The highest BCUT2D eigenvalue weighted by Crippen LogP contribution is 2.04. The second-order valence-electron chi connectivity index (χ2n) is 5.65. The predicted octanol–water partition coefficient (Wildman–Crippen LogP) is 3.09. The summed E-state index contributed by atoms with van der Waals surface area (Å²) < 4.78 is 0. The van der Waals surface area contributed by atoms with Gasteiger partial charge in [-0.3, -0.25) is 4.79 Å². The first-order valence-corrected chi connectivity index (χ1v) is 8.63. The van der Waals surface area contributed by atoms with E-state index in [9.17, 15) is 4.79 Å². The molecule has 1 amide bonds. The summed E-state index contributed by atoms with van der Waals surface area (Å²) in [4.78, 5) is 14.1. The molecule has 0 aliphatic rings. The molecule has 25 heavy (non-hydrogen) atoms. The molecule has 1 N–H and O–H groups in total. The van der Waals surface area contributed by atoms with Gasteiger partial charge < -0.3 is 10.2 Å². The zero-order valence-electron chi connectivity index (χ0n) is 14.0. The molecule has 0 heterocycles. The van der Waals surface area contributed by atoms with Gasteiger partial charge in [0, 0.05) is 13.1 Å². The van der Waals surface area contributed by atoms with E-state index in [1.54, 1.807) is 0 Å². The summed E-state index contributed by atoms with van der Waals surface area (Å²) in [7, 11) is 0. The van der Waals surface area contributed by atoms with Crippen LogP contribution in [0.25, 0.3) is 0 Å². The molecule has 0 aliphatic carbocycles. The minimum absolute atomic E-state index is 0.141. The zero-order chi connectivity index (χ0) is 17.9. The summed E-state index contributed by atoms with van der Waals surface area (Å²) in [6.07, 6.45) is 1.45. The average Bonchev–Trinajstić information content (AvgIpc) is 2.63. The number of benzene rings is 2. The van der Waals surface area contributed by atoms with Gasteiger partial charge in [-0.2, -0.15) is 5.26 Å². The first kappa shape index (κ1) is 18.6. The maximum Gasteiger partial charge on any atom is 0.230 e. The van der Waals surface area contributed by atoms with Gasteiger partial charge in [0.2, 0.25) is 5.91 Å². The third kappa shape index (κ3) is 6.74. The van der Waals surface area contributed by atoms with E-state index in [2.05, 4.69) is 23.5 Å². The fourth-order valence-corrected chi connectivity index (χ4v) is 2.73. The fourth-order valence-electron chi connectivity index (χ4n) is 2.43. The third-order valence-electron chi connectivity index (χ3n) is 3.75. The zero-order valence-corrected chi connectivity index (χ0v) is 14.8. The minimum atomic E-state index is -0.141. The van der Waals surface area contributed by atoms with Crippen molar-refractivity contribution >= 4 is 23.2 Å². The second kappa shape index (κ2) is 10.2. The summed E-state index contributed by atoms with van der Waals surface area (Å²) in [6.45, 7) is 1.17. The van der Waals surface area contributed by atoms with Gasteiger partial charge in [0.05, 0.1) is 18.9 Å². The van der Waals surface area contributed by atoms with E-state index in [0.717, 1.165) is 12.0 Å². The Bertz CT molecular complexity index is 726. The van der Waals surface area contributed by atoms with Crippen molar-refractivity contribution in [2.45, 2.75) is 19.3 Å². The van der Waals surface area contributed by atoms with Crippen molar-refractivity contribution in [3.05, 3.63) is 71.8 Å². The van der Waals surface area contributed by atoms with Crippen molar-refractivity contribution in [2.75, 3.05) is 13.1 Å². The quantitative estimate of drug-likeness (QED) is 0.779. The summed E-state index contributed by atoms with van der Waals surface area (Å²) in [6, 6.07) is 21.7. The fraction of sp³-hybridized carbons (Fsp3) is 0.250. The van der Waals surface area contributed by atoms with Gasteiger partial charge in [-0.25, -0.2) is 0 Å². The number of carbonyl (C=O) groups excluding carboxylic acids is 1. The number of hydrogen-bond acceptors (Lipinski definition) is 3. The second-order valence-corrected chi connectivity index (χ2v) is 6.03. The highest BCUT2D eigenvalue weighted by Gasteiger charge is 2.13. The molecule has 0 unspecified atom stereocenters. The van der Waals surface area contributed by atoms with Crippen molar-refractivity contribution in [1.29, 1.82) is 5.26 Å². The van der Waals surface area contributed by atoms with Crippen LogP contribution in [0.4, 0.5) is 0 Å². The molecule has 128 valence electrons. The molecule has 0 fully saturated rings. The average molecular weight is 351 g/mol. The van der Waals surface area contributed by atoms with Gasteiger partial charge >= 0.3 is 0 Å². The Labute approximate surface area is 154 Å². The molecule has 2 aromatic carbocycles. The van der Waals surface area contributed by atoms with E-state index >= 15 is 0 Å². The SMILES string of the molecule is N#CCCN(CCc1ccccc1)C(=S)NC(=O)Cc1ccccc1. The van der Waals surface area contributed by atoms with Crippen molar-refractivity contribution in [3.63, 3.8) is 0 Å². The molecular weight excluding hydrogens is 330 g/mol. The largest absolute Gasteiger partial charge is 0.348 e. The topological polar surface area (TPSA) is 56.1 Å². The van der Waals surface area contributed by atoms with Crippen LogP contribution in [-0.4, -0.2) is 29.0 Å². The molecule has 2 aromatic rings. The summed E-state index contributed by atoms with van der Waals surface area (Å²) >= 11 is 5.38. The van der Waals surface area contributed by atoms with E-state index in [-0.39, 0.29) is 12.3 Å². The highest BCUT2D eigenvalue weighted by molar-refractivity contribution is 7.80. The molecule has 0 aromatic heterocycles. The maximum atomic E-state index is 12.2. The first-order chi connectivity index (χ1) is 12.2. The Hall–Kier alpha value is -2.71. The summed E-state index contributed by atoms with van der Waals surface area (Å²) in [5.41, 5.74) is 2.14. The number of nitrogens with one attached hydrogen (secondary N) is 1. The number of nitriles is 1. The van der Waals surface area contributed by atoms with Crippen LogP contribution >= 0.6 is 12.2 Å².